The first-order chi connectivity index (χ1) is 22.0. The lowest BCUT2D eigenvalue weighted by atomic mass is 10.0. The predicted octanol–water partition coefficient (Wildman–Crippen LogP) is 10.1. The number of aliphatic hydroxyl groups excluding tert-OH is 2. The summed E-state index contributed by atoms with van der Waals surface area (Å²) in [6.45, 7) is 4.13. The third kappa shape index (κ3) is 40.8. The molecule has 0 aromatic heterocycles. The number of carbonyl (C=O) groups excluding carboxylic acids is 1. The van der Waals surface area contributed by atoms with Crippen molar-refractivity contribution >= 4 is 11.9 Å². The van der Waals surface area contributed by atoms with Crippen LogP contribution in [0.1, 0.15) is 200 Å². The standard InChI is InChI=1S/C21H43NO5.C16H32O2/c1-2-3-4-5-6-7-8-9-10-11-12-13-14-15-16-21(25)22(26-19-17-23)27-20-18-24;1-2-3-4-5-6-7-8-9-10-11-12-13-14-15-16(17)18/h23-24H,2-20H2,1H3;2-15H2,1H3,(H,17,18). The number of unbranched alkanes of at least 4 members (excludes halogenated alkanes) is 25. The van der Waals surface area contributed by atoms with E-state index in [2.05, 4.69) is 13.8 Å². The molecule has 3 N–H and O–H groups in total. The van der Waals surface area contributed by atoms with E-state index >= 15 is 0 Å². The number of aliphatic carboxylic acids is 1. The number of aliphatic hydroxyl groups is 2. The first kappa shape index (κ1) is 45.9. The van der Waals surface area contributed by atoms with E-state index in [1.165, 1.54) is 141 Å². The first-order valence-corrected chi connectivity index (χ1v) is 19.1. The van der Waals surface area contributed by atoms with Crippen LogP contribution in [0, 0.1) is 0 Å². The van der Waals surface area contributed by atoms with E-state index < -0.39 is 5.97 Å². The monoisotopic (exact) mass is 646 g/mol. The van der Waals surface area contributed by atoms with Crippen molar-refractivity contribution in [1.29, 1.82) is 0 Å². The molecule has 0 fully saturated rings. The smallest absolute Gasteiger partial charge is 0.303 e. The molecule has 0 unspecified atom stereocenters. The summed E-state index contributed by atoms with van der Waals surface area (Å²) in [6, 6.07) is 0. The number of nitrogens with zero attached hydrogens (tertiary/aromatic N) is 1. The van der Waals surface area contributed by atoms with Gasteiger partial charge in [-0.2, -0.15) is 0 Å². The van der Waals surface area contributed by atoms with Gasteiger partial charge in [0.05, 0.1) is 13.2 Å². The molecule has 0 aliphatic carbocycles. The Morgan fingerprint density at radius 1 is 0.444 bits per heavy atom. The van der Waals surface area contributed by atoms with Crippen molar-refractivity contribution < 1.29 is 34.6 Å². The second-order valence-corrected chi connectivity index (χ2v) is 12.5. The molecule has 0 bridgehead atoms. The molecular formula is C37H75NO7. The van der Waals surface area contributed by atoms with Gasteiger partial charge < -0.3 is 15.3 Å². The van der Waals surface area contributed by atoms with Crippen LogP contribution in [0.15, 0.2) is 0 Å². The Morgan fingerprint density at radius 3 is 0.978 bits per heavy atom. The van der Waals surface area contributed by atoms with Crippen molar-refractivity contribution in [2.75, 3.05) is 26.4 Å². The van der Waals surface area contributed by atoms with Crippen LogP contribution in [0.5, 0.6) is 0 Å². The van der Waals surface area contributed by atoms with E-state index in [4.69, 9.17) is 25.0 Å². The van der Waals surface area contributed by atoms with Crippen molar-refractivity contribution in [1.82, 2.24) is 5.23 Å². The summed E-state index contributed by atoms with van der Waals surface area (Å²) in [7, 11) is 0. The Bertz CT molecular complexity index is 583. The number of carbonyl (C=O) groups is 2. The SMILES string of the molecule is CCCCCCCCCCCCCCCC(=O)O.CCCCCCCCCCCCCCCCC(=O)N(OCCO)OCCO. The number of hydrogen-bond donors (Lipinski definition) is 3. The van der Waals surface area contributed by atoms with Gasteiger partial charge in [0.25, 0.3) is 5.91 Å². The van der Waals surface area contributed by atoms with Gasteiger partial charge >= 0.3 is 5.97 Å². The van der Waals surface area contributed by atoms with Gasteiger partial charge in [0.15, 0.2) is 0 Å². The van der Waals surface area contributed by atoms with Crippen LogP contribution in [0.2, 0.25) is 0 Å². The molecule has 0 aliphatic heterocycles. The highest BCUT2D eigenvalue weighted by atomic mass is 17.0. The topological polar surface area (TPSA) is 117 Å². The van der Waals surface area contributed by atoms with Crippen LogP contribution in [0.25, 0.3) is 0 Å². The number of carboxylic acids is 1. The van der Waals surface area contributed by atoms with Gasteiger partial charge in [0.2, 0.25) is 0 Å². The minimum atomic E-state index is -0.655. The summed E-state index contributed by atoms with van der Waals surface area (Å²) in [5, 5.41) is 26.8. The van der Waals surface area contributed by atoms with E-state index in [0.29, 0.717) is 12.8 Å². The summed E-state index contributed by atoms with van der Waals surface area (Å²) < 4.78 is 0. The molecule has 0 aliphatic rings. The van der Waals surface area contributed by atoms with Crippen molar-refractivity contribution in [2.45, 2.75) is 200 Å². The highest BCUT2D eigenvalue weighted by Gasteiger charge is 2.15. The third-order valence-corrected chi connectivity index (χ3v) is 8.04. The third-order valence-electron chi connectivity index (χ3n) is 8.04. The van der Waals surface area contributed by atoms with E-state index in [1.807, 2.05) is 0 Å². The van der Waals surface area contributed by atoms with Crippen molar-refractivity contribution in [3.63, 3.8) is 0 Å². The van der Waals surface area contributed by atoms with Gasteiger partial charge in [-0.25, -0.2) is 9.68 Å². The van der Waals surface area contributed by atoms with Crippen LogP contribution in [0.3, 0.4) is 0 Å². The van der Waals surface area contributed by atoms with Crippen molar-refractivity contribution in [3.8, 4) is 0 Å². The van der Waals surface area contributed by atoms with Crippen LogP contribution in [-0.4, -0.2) is 58.9 Å². The van der Waals surface area contributed by atoms with Gasteiger partial charge in [-0.05, 0) is 12.8 Å². The minimum absolute atomic E-state index is 0.00406. The van der Waals surface area contributed by atoms with Crippen LogP contribution >= 0.6 is 0 Å². The second kappa shape index (κ2) is 40.8. The Hall–Kier alpha value is -1.22. The molecule has 0 atom stereocenters. The molecule has 1 amide bonds. The van der Waals surface area contributed by atoms with Crippen LogP contribution < -0.4 is 0 Å². The summed E-state index contributed by atoms with van der Waals surface area (Å²) in [4.78, 5) is 32.3. The Kier molecular flexibility index (Phi) is 41.6. The van der Waals surface area contributed by atoms with Crippen LogP contribution in [0.4, 0.5) is 0 Å². The van der Waals surface area contributed by atoms with Gasteiger partial charge in [-0.3, -0.25) is 9.59 Å². The Balaban J connectivity index is 0. The molecule has 0 heterocycles. The zero-order valence-corrected chi connectivity index (χ0v) is 29.8. The van der Waals surface area contributed by atoms with Crippen molar-refractivity contribution in [2.24, 2.45) is 0 Å². The van der Waals surface area contributed by atoms with E-state index in [-0.39, 0.29) is 32.3 Å². The van der Waals surface area contributed by atoms with Gasteiger partial charge in [0.1, 0.15) is 13.2 Å². The number of carboxylic acid groups (broad SMARTS) is 1. The summed E-state index contributed by atoms with van der Waals surface area (Å²) in [6.07, 6.45) is 35.5. The molecule has 0 spiro atoms. The van der Waals surface area contributed by atoms with Gasteiger partial charge in [-0.15, -0.1) is 0 Å². The number of hydroxylamine groups is 2. The lowest BCUT2D eigenvalue weighted by Crippen LogP contribution is -2.33. The maximum absolute atomic E-state index is 12.0. The molecule has 0 aromatic rings. The largest absolute Gasteiger partial charge is 0.481 e. The van der Waals surface area contributed by atoms with Crippen molar-refractivity contribution in [3.05, 3.63) is 0 Å². The fourth-order valence-corrected chi connectivity index (χ4v) is 5.28. The fraction of sp³-hybridized carbons (Fsp3) is 0.946. The Labute approximate surface area is 277 Å². The molecule has 0 rings (SSSR count). The zero-order valence-electron chi connectivity index (χ0n) is 29.8. The average Bonchev–Trinajstić information content (AvgIpc) is 3.03. The quantitative estimate of drug-likeness (QED) is 0.0464. The number of rotatable bonds is 35. The first-order valence-electron chi connectivity index (χ1n) is 19.1. The van der Waals surface area contributed by atoms with Crippen LogP contribution in [-0.2, 0) is 19.3 Å². The number of hydrogen-bond acceptors (Lipinski definition) is 6. The summed E-state index contributed by atoms with van der Waals surface area (Å²) in [5.74, 6) is -0.922. The molecule has 0 aromatic carbocycles. The molecule has 270 valence electrons. The van der Waals surface area contributed by atoms with E-state index in [0.717, 1.165) is 37.3 Å². The molecule has 0 radical (unpaired) electrons. The normalized spacial score (nSPS) is 10.9. The minimum Gasteiger partial charge on any atom is -0.481 e. The predicted molar refractivity (Wildman–Crippen MR) is 186 cm³/mol. The van der Waals surface area contributed by atoms with E-state index in [9.17, 15) is 9.59 Å². The lowest BCUT2D eigenvalue weighted by Gasteiger charge is -2.19. The van der Waals surface area contributed by atoms with Gasteiger partial charge in [0, 0.05) is 12.8 Å². The van der Waals surface area contributed by atoms with Gasteiger partial charge in [-0.1, -0.05) is 180 Å². The maximum Gasteiger partial charge on any atom is 0.303 e. The molecule has 45 heavy (non-hydrogen) atoms. The molecular weight excluding hydrogens is 570 g/mol. The molecule has 8 nitrogen and oxygen atoms in total. The zero-order chi connectivity index (χ0) is 33.5. The number of amides is 1. The highest BCUT2D eigenvalue weighted by molar-refractivity contribution is 5.73. The lowest BCUT2D eigenvalue weighted by molar-refractivity contribution is -0.345. The average molecular weight is 646 g/mol. The fourth-order valence-electron chi connectivity index (χ4n) is 5.28. The maximum atomic E-state index is 12.0. The molecule has 0 saturated heterocycles. The summed E-state index contributed by atoms with van der Waals surface area (Å²) in [5.41, 5.74) is 0. The van der Waals surface area contributed by atoms with E-state index in [1.54, 1.807) is 0 Å². The highest BCUT2D eigenvalue weighted by Crippen LogP contribution is 2.15. The molecule has 8 heteroatoms. The summed E-state index contributed by atoms with van der Waals surface area (Å²) >= 11 is 0. The molecule has 0 saturated carbocycles. The Morgan fingerprint density at radius 2 is 0.711 bits per heavy atom. The second-order valence-electron chi connectivity index (χ2n) is 12.5.